The van der Waals surface area contributed by atoms with Gasteiger partial charge in [-0.2, -0.15) is 0 Å². The predicted molar refractivity (Wildman–Crippen MR) is 112 cm³/mol. The van der Waals surface area contributed by atoms with Crippen LogP contribution in [-0.2, 0) is 11.8 Å². The van der Waals surface area contributed by atoms with Gasteiger partial charge in [0.1, 0.15) is 18.2 Å². The highest BCUT2D eigenvalue weighted by molar-refractivity contribution is 7.99. The summed E-state index contributed by atoms with van der Waals surface area (Å²) in [5.41, 5.74) is 1.88. The molecule has 0 spiro atoms. The van der Waals surface area contributed by atoms with Gasteiger partial charge >= 0.3 is 0 Å². The number of hydrogen-bond donors (Lipinski definition) is 0. The summed E-state index contributed by atoms with van der Waals surface area (Å²) >= 11 is 1.44. The first kappa shape index (κ1) is 18.2. The van der Waals surface area contributed by atoms with Crippen molar-refractivity contribution in [3.63, 3.8) is 0 Å². The summed E-state index contributed by atoms with van der Waals surface area (Å²) < 4.78 is 7.99. The van der Waals surface area contributed by atoms with Crippen molar-refractivity contribution in [2.45, 2.75) is 30.0 Å². The van der Waals surface area contributed by atoms with Crippen LogP contribution in [0.25, 0.3) is 0 Å². The molecule has 0 radical (unpaired) electrons. The predicted octanol–water partition coefficient (Wildman–Crippen LogP) is 3.95. The van der Waals surface area contributed by atoms with E-state index in [1.165, 1.54) is 24.6 Å². The first-order valence-electron chi connectivity index (χ1n) is 9.83. The molecule has 0 N–H and O–H groups in total. The maximum atomic E-state index is 13.4. The van der Waals surface area contributed by atoms with Crippen molar-refractivity contribution in [2.24, 2.45) is 7.05 Å². The van der Waals surface area contributed by atoms with E-state index >= 15 is 0 Å². The summed E-state index contributed by atoms with van der Waals surface area (Å²) in [4.78, 5) is 15.2. The van der Waals surface area contributed by atoms with Crippen molar-refractivity contribution in [3.05, 3.63) is 66.0 Å². The van der Waals surface area contributed by atoms with E-state index < -0.39 is 0 Å². The zero-order chi connectivity index (χ0) is 19.8. The van der Waals surface area contributed by atoms with Crippen LogP contribution >= 0.6 is 11.8 Å². The molecule has 148 valence electrons. The molecule has 7 heteroatoms. The van der Waals surface area contributed by atoms with Crippen molar-refractivity contribution in [3.8, 4) is 5.75 Å². The molecule has 0 bridgehead atoms. The fourth-order valence-electron chi connectivity index (χ4n) is 3.76. The first-order valence-corrected chi connectivity index (χ1v) is 10.8. The van der Waals surface area contributed by atoms with E-state index in [2.05, 4.69) is 10.2 Å². The summed E-state index contributed by atoms with van der Waals surface area (Å²) in [5, 5.41) is 9.40. The average molecular weight is 407 g/mol. The van der Waals surface area contributed by atoms with Gasteiger partial charge in [0.2, 0.25) is 5.91 Å². The molecular formula is C22H22N4O2S. The number of hydrogen-bond acceptors (Lipinski definition) is 5. The molecule has 1 fully saturated rings. The fourth-order valence-corrected chi connectivity index (χ4v) is 4.54. The molecule has 0 saturated heterocycles. The lowest BCUT2D eigenvalue weighted by Crippen LogP contribution is -2.42. The third-order valence-electron chi connectivity index (χ3n) is 5.42. The summed E-state index contributed by atoms with van der Waals surface area (Å²) in [5.74, 6) is 2.64. The summed E-state index contributed by atoms with van der Waals surface area (Å²) in [6.45, 7) is 0.438. The Kier molecular flexibility index (Phi) is 4.75. The maximum Gasteiger partial charge on any atom is 0.238 e. The highest BCUT2D eigenvalue weighted by Gasteiger charge is 2.34. The van der Waals surface area contributed by atoms with E-state index in [9.17, 15) is 4.79 Å². The number of benzene rings is 2. The number of amides is 1. The zero-order valence-corrected chi connectivity index (χ0v) is 17.0. The minimum absolute atomic E-state index is 0.0376. The topological polar surface area (TPSA) is 60.2 Å². The molecule has 2 heterocycles. The number of ether oxygens (including phenoxy) is 1. The number of carbonyl (C=O) groups is 1. The van der Waals surface area contributed by atoms with Crippen LogP contribution < -0.4 is 9.64 Å². The molecule has 1 saturated carbocycles. The van der Waals surface area contributed by atoms with Crippen molar-refractivity contribution in [1.82, 2.24) is 14.8 Å². The molecule has 6 nitrogen and oxygen atoms in total. The lowest BCUT2D eigenvalue weighted by molar-refractivity contribution is -0.117. The number of nitrogens with zero attached hydrogens (tertiary/aromatic N) is 4. The number of fused-ring (bicyclic) bond motifs is 1. The summed E-state index contributed by atoms with van der Waals surface area (Å²) in [6, 6.07) is 17.6. The van der Waals surface area contributed by atoms with E-state index in [0.29, 0.717) is 18.3 Å². The second-order valence-corrected chi connectivity index (χ2v) is 8.37. The van der Waals surface area contributed by atoms with Crippen molar-refractivity contribution < 1.29 is 9.53 Å². The van der Waals surface area contributed by atoms with Gasteiger partial charge in [0.15, 0.2) is 5.16 Å². The van der Waals surface area contributed by atoms with Crippen LogP contribution in [0.5, 0.6) is 5.75 Å². The van der Waals surface area contributed by atoms with Crippen LogP contribution in [0.4, 0.5) is 5.69 Å². The Morgan fingerprint density at radius 3 is 2.66 bits per heavy atom. The monoisotopic (exact) mass is 406 g/mol. The van der Waals surface area contributed by atoms with Gasteiger partial charge in [-0.05, 0) is 30.5 Å². The van der Waals surface area contributed by atoms with Gasteiger partial charge in [0, 0.05) is 13.0 Å². The third-order valence-corrected chi connectivity index (χ3v) is 6.43. The maximum absolute atomic E-state index is 13.4. The molecule has 0 unspecified atom stereocenters. The quantitative estimate of drug-likeness (QED) is 0.601. The Morgan fingerprint density at radius 1 is 1.10 bits per heavy atom. The molecule has 1 atom stereocenters. The van der Waals surface area contributed by atoms with Gasteiger partial charge in [-0.25, -0.2) is 0 Å². The van der Waals surface area contributed by atoms with E-state index in [-0.39, 0.29) is 11.9 Å². The minimum Gasteiger partial charge on any atom is -0.489 e. The molecule has 1 aliphatic heterocycles. The summed E-state index contributed by atoms with van der Waals surface area (Å²) in [6.07, 6.45) is 2.36. The molecule has 1 aliphatic carbocycles. The van der Waals surface area contributed by atoms with E-state index in [1.54, 1.807) is 0 Å². The Labute approximate surface area is 173 Å². The normalized spacial score (nSPS) is 18.2. The molecule has 29 heavy (non-hydrogen) atoms. The van der Waals surface area contributed by atoms with E-state index in [1.807, 2.05) is 71.1 Å². The van der Waals surface area contributed by atoms with Crippen LogP contribution in [0.3, 0.4) is 0 Å². The largest absolute Gasteiger partial charge is 0.489 e. The SMILES string of the molecule is Cn1c(SCC(=O)N2c3ccccc3OC[C@@H]2c2ccccc2)nnc1C1CC1. The molecule has 1 aromatic heterocycles. The molecule has 3 aromatic rings. The molecule has 1 amide bonds. The van der Waals surface area contributed by atoms with Crippen LogP contribution in [-0.4, -0.2) is 33.0 Å². The Hall–Kier alpha value is -2.80. The van der Waals surface area contributed by atoms with Gasteiger partial charge < -0.3 is 9.30 Å². The van der Waals surface area contributed by atoms with E-state index in [0.717, 1.165) is 28.0 Å². The Morgan fingerprint density at radius 2 is 1.86 bits per heavy atom. The third kappa shape index (κ3) is 3.51. The van der Waals surface area contributed by atoms with Gasteiger partial charge in [-0.3, -0.25) is 9.69 Å². The second kappa shape index (κ2) is 7.55. The molecule has 2 aromatic carbocycles. The lowest BCUT2D eigenvalue weighted by Gasteiger charge is -2.37. The van der Waals surface area contributed by atoms with Crippen LogP contribution in [0.1, 0.15) is 36.2 Å². The van der Waals surface area contributed by atoms with Crippen molar-refractivity contribution in [1.29, 1.82) is 0 Å². The Balaban J connectivity index is 1.40. The van der Waals surface area contributed by atoms with Crippen molar-refractivity contribution >= 4 is 23.4 Å². The van der Waals surface area contributed by atoms with E-state index in [4.69, 9.17) is 4.74 Å². The number of para-hydroxylation sites is 2. The van der Waals surface area contributed by atoms with Crippen LogP contribution in [0.15, 0.2) is 59.8 Å². The zero-order valence-electron chi connectivity index (χ0n) is 16.2. The van der Waals surface area contributed by atoms with Gasteiger partial charge in [-0.1, -0.05) is 54.2 Å². The summed E-state index contributed by atoms with van der Waals surface area (Å²) in [7, 11) is 1.98. The van der Waals surface area contributed by atoms with Gasteiger partial charge in [0.25, 0.3) is 0 Å². The standard InChI is InChI=1S/C22H22N4O2S/c1-25-21(16-11-12-16)23-24-22(25)29-14-20(27)26-17-9-5-6-10-19(17)28-13-18(26)15-7-3-2-4-8-15/h2-10,16,18H,11-14H2,1H3/t18-/m1/s1. The highest BCUT2D eigenvalue weighted by Crippen LogP contribution is 2.41. The number of aromatic nitrogens is 3. The Bertz CT molecular complexity index is 1030. The number of carbonyl (C=O) groups excluding carboxylic acids is 1. The lowest BCUT2D eigenvalue weighted by atomic mass is 10.0. The highest BCUT2D eigenvalue weighted by atomic mass is 32.2. The fraction of sp³-hybridized carbons (Fsp3) is 0.318. The van der Waals surface area contributed by atoms with Gasteiger partial charge in [-0.15, -0.1) is 10.2 Å². The first-order chi connectivity index (χ1) is 14.2. The molecular weight excluding hydrogens is 384 g/mol. The van der Waals surface area contributed by atoms with Crippen LogP contribution in [0.2, 0.25) is 0 Å². The van der Waals surface area contributed by atoms with Crippen molar-refractivity contribution in [2.75, 3.05) is 17.3 Å². The number of anilines is 1. The second-order valence-electron chi connectivity index (χ2n) is 7.43. The van der Waals surface area contributed by atoms with Crippen LogP contribution in [0, 0.1) is 0 Å². The molecule has 5 rings (SSSR count). The number of rotatable bonds is 5. The smallest absolute Gasteiger partial charge is 0.238 e. The molecule has 2 aliphatic rings. The minimum atomic E-state index is -0.152. The van der Waals surface area contributed by atoms with Gasteiger partial charge in [0.05, 0.1) is 17.5 Å². The average Bonchev–Trinajstić information content (AvgIpc) is 3.54. The number of thioether (sulfide) groups is 1.